The van der Waals surface area contributed by atoms with E-state index in [0.29, 0.717) is 10.3 Å². The topological polar surface area (TPSA) is 76.8 Å². The van der Waals surface area contributed by atoms with Gasteiger partial charge in [0, 0.05) is 5.38 Å². The van der Waals surface area contributed by atoms with Crippen molar-refractivity contribution in [1.29, 1.82) is 0 Å². The van der Waals surface area contributed by atoms with Gasteiger partial charge in [0.15, 0.2) is 5.13 Å². The number of aromatic nitrogens is 5. The third-order valence-corrected chi connectivity index (χ3v) is 6.27. The molecule has 2 aromatic carbocycles. The summed E-state index contributed by atoms with van der Waals surface area (Å²) in [5.41, 5.74) is 4.75. The summed E-state index contributed by atoms with van der Waals surface area (Å²) in [4.78, 5) is 19.4. The molecule has 0 saturated carbocycles. The van der Waals surface area contributed by atoms with Gasteiger partial charge >= 0.3 is 0 Å². The Bertz CT molecular complexity index is 1170. The maximum atomic E-state index is 13.2. The minimum absolute atomic E-state index is 0.0870. The Balaban J connectivity index is 1.58. The van der Waals surface area contributed by atoms with Gasteiger partial charge in [-0.2, -0.15) is 4.68 Å². The first-order valence-corrected chi connectivity index (χ1v) is 11.2. The van der Waals surface area contributed by atoms with Crippen LogP contribution in [0.25, 0.3) is 5.69 Å². The van der Waals surface area contributed by atoms with Crippen molar-refractivity contribution < 1.29 is 4.79 Å². The van der Waals surface area contributed by atoms with Crippen LogP contribution in [0.3, 0.4) is 0 Å². The van der Waals surface area contributed by atoms with E-state index < -0.39 is 0 Å². The summed E-state index contributed by atoms with van der Waals surface area (Å²) in [6.07, 6.45) is 0. The van der Waals surface area contributed by atoms with E-state index in [-0.39, 0.29) is 11.7 Å². The molecule has 0 atom stereocenters. The zero-order valence-corrected chi connectivity index (χ0v) is 18.4. The lowest BCUT2D eigenvalue weighted by Crippen LogP contribution is -2.27. The van der Waals surface area contributed by atoms with Crippen LogP contribution in [0.15, 0.2) is 59.1 Å². The van der Waals surface area contributed by atoms with Crippen LogP contribution in [0.4, 0.5) is 10.8 Å². The van der Waals surface area contributed by atoms with Crippen molar-refractivity contribution in [2.45, 2.75) is 25.9 Å². The number of para-hydroxylation sites is 1. The number of anilines is 2. The molecule has 0 radical (unpaired) electrons. The zero-order chi connectivity index (χ0) is 21.1. The molecule has 0 unspecified atom stereocenters. The molecule has 0 fully saturated rings. The molecular weight excluding hydrogens is 416 g/mol. The predicted octanol–water partition coefficient (Wildman–Crippen LogP) is 4.50. The number of carbonyl (C=O) groups is 1. The molecule has 4 rings (SSSR count). The SMILES string of the molecule is Cc1ccc(C)c(-n2nnnc2SCC(=O)N(c2ccccc2)c2nc(C)cs2)c1. The fourth-order valence-electron chi connectivity index (χ4n) is 2.94. The average molecular weight is 437 g/mol. The highest BCUT2D eigenvalue weighted by atomic mass is 32.2. The van der Waals surface area contributed by atoms with Crippen LogP contribution in [0.1, 0.15) is 16.8 Å². The number of hydrogen-bond acceptors (Lipinski definition) is 7. The van der Waals surface area contributed by atoms with Crippen molar-refractivity contribution in [2.75, 3.05) is 10.7 Å². The monoisotopic (exact) mass is 436 g/mol. The molecule has 2 aromatic heterocycles. The molecule has 30 heavy (non-hydrogen) atoms. The van der Waals surface area contributed by atoms with E-state index >= 15 is 0 Å². The molecule has 0 N–H and O–H groups in total. The summed E-state index contributed by atoms with van der Waals surface area (Å²) in [5, 5.41) is 15.2. The maximum Gasteiger partial charge on any atom is 0.243 e. The number of rotatable bonds is 6. The van der Waals surface area contributed by atoms with E-state index in [9.17, 15) is 4.79 Å². The normalized spacial score (nSPS) is 10.9. The Morgan fingerprint density at radius 1 is 1.13 bits per heavy atom. The molecule has 1 amide bonds. The highest BCUT2D eigenvalue weighted by Crippen LogP contribution is 2.30. The summed E-state index contributed by atoms with van der Waals surface area (Å²) in [7, 11) is 0. The Morgan fingerprint density at radius 2 is 1.93 bits per heavy atom. The molecule has 0 aliphatic carbocycles. The molecule has 2 heterocycles. The summed E-state index contributed by atoms with van der Waals surface area (Å²) in [6.45, 7) is 5.95. The van der Waals surface area contributed by atoms with E-state index in [1.54, 1.807) is 9.58 Å². The van der Waals surface area contributed by atoms with Crippen LogP contribution < -0.4 is 4.90 Å². The molecule has 0 aliphatic rings. The number of aryl methyl sites for hydroxylation is 3. The minimum atomic E-state index is -0.0870. The van der Waals surface area contributed by atoms with Crippen LogP contribution in [0.5, 0.6) is 0 Å². The van der Waals surface area contributed by atoms with Gasteiger partial charge in [-0.05, 0) is 60.5 Å². The lowest BCUT2D eigenvalue weighted by atomic mass is 10.1. The Kier molecular flexibility index (Phi) is 5.91. The molecular formula is C21H20N6OS2. The average Bonchev–Trinajstić information content (AvgIpc) is 3.38. The number of nitrogens with zero attached hydrogens (tertiary/aromatic N) is 6. The summed E-state index contributed by atoms with van der Waals surface area (Å²) < 4.78 is 1.68. The van der Waals surface area contributed by atoms with Gasteiger partial charge in [0.05, 0.1) is 22.8 Å². The fraction of sp³-hybridized carbons (Fsp3) is 0.190. The first kappa shape index (κ1) is 20.2. The first-order chi connectivity index (χ1) is 14.5. The van der Waals surface area contributed by atoms with E-state index in [1.807, 2.05) is 74.7 Å². The standard InChI is InChI=1S/C21H20N6OS2/c1-14-9-10-15(2)18(11-14)27-21(23-24-25-27)30-13-19(28)26(17-7-5-4-6-8-17)20-22-16(3)12-29-20/h4-12H,13H2,1-3H3. The van der Waals surface area contributed by atoms with Gasteiger partial charge in [0.25, 0.3) is 0 Å². The number of thioether (sulfide) groups is 1. The predicted molar refractivity (Wildman–Crippen MR) is 120 cm³/mol. The second-order valence-corrected chi connectivity index (χ2v) is 8.57. The Morgan fingerprint density at radius 3 is 2.67 bits per heavy atom. The van der Waals surface area contributed by atoms with E-state index in [4.69, 9.17) is 0 Å². The minimum Gasteiger partial charge on any atom is -0.273 e. The molecule has 152 valence electrons. The van der Waals surface area contributed by atoms with Gasteiger partial charge in [-0.1, -0.05) is 42.1 Å². The molecule has 0 aliphatic heterocycles. The summed E-state index contributed by atoms with van der Waals surface area (Å²) in [5.74, 6) is 0.0923. The van der Waals surface area contributed by atoms with Gasteiger partial charge in [-0.25, -0.2) is 4.98 Å². The van der Waals surface area contributed by atoms with Gasteiger partial charge < -0.3 is 0 Å². The molecule has 9 heteroatoms. The first-order valence-electron chi connectivity index (χ1n) is 9.32. The molecule has 0 saturated heterocycles. The van der Waals surface area contributed by atoms with Gasteiger partial charge in [-0.15, -0.1) is 16.4 Å². The van der Waals surface area contributed by atoms with Crippen LogP contribution in [0, 0.1) is 20.8 Å². The number of hydrogen-bond donors (Lipinski definition) is 0. The van der Waals surface area contributed by atoms with Crippen molar-refractivity contribution in [1.82, 2.24) is 25.2 Å². The summed E-state index contributed by atoms with van der Waals surface area (Å²) in [6, 6.07) is 15.7. The zero-order valence-electron chi connectivity index (χ0n) is 16.8. The van der Waals surface area contributed by atoms with Crippen molar-refractivity contribution in [2.24, 2.45) is 0 Å². The van der Waals surface area contributed by atoms with E-state index in [0.717, 1.165) is 28.2 Å². The van der Waals surface area contributed by atoms with Crippen LogP contribution in [0.2, 0.25) is 0 Å². The maximum absolute atomic E-state index is 13.2. The highest BCUT2D eigenvalue weighted by molar-refractivity contribution is 7.99. The van der Waals surface area contributed by atoms with Gasteiger partial charge in [-0.3, -0.25) is 9.69 Å². The van der Waals surface area contributed by atoms with Crippen molar-refractivity contribution in [3.05, 3.63) is 70.7 Å². The van der Waals surface area contributed by atoms with Gasteiger partial charge in [0.1, 0.15) is 0 Å². The van der Waals surface area contributed by atoms with Crippen LogP contribution >= 0.6 is 23.1 Å². The molecule has 0 spiro atoms. The molecule has 7 nitrogen and oxygen atoms in total. The molecule has 4 aromatic rings. The third-order valence-electron chi connectivity index (χ3n) is 4.42. The van der Waals surface area contributed by atoms with Gasteiger partial charge in [0.2, 0.25) is 11.1 Å². The van der Waals surface area contributed by atoms with E-state index in [2.05, 4.69) is 20.5 Å². The lowest BCUT2D eigenvalue weighted by molar-refractivity contribution is -0.115. The second-order valence-electron chi connectivity index (χ2n) is 6.79. The number of thiazole rings is 1. The van der Waals surface area contributed by atoms with Crippen molar-refractivity contribution in [3.8, 4) is 5.69 Å². The number of carbonyl (C=O) groups excluding carboxylic acids is 1. The van der Waals surface area contributed by atoms with Crippen LogP contribution in [-0.4, -0.2) is 36.9 Å². The smallest absolute Gasteiger partial charge is 0.243 e. The van der Waals surface area contributed by atoms with E-state index in [1.165, 1.54) is 23.1 Å². The van der Waals surface area contributed by atoms with Crippen molar-refractivity contribution >= 4 is 39.8 Å². The summed E-state index contributed by atoms with van der Waals surface area (Å²) >= 11 is 2.76. The van der Waals surface area contributed by atoms with Crippen LogP contribution in [-0.2, 0) is 4.79 Å². The molecule has 0 bridgehead atoms. The third kappa shape index (κ3) is 4.27. The Labute approximate surface area is 182 Å². The van der Waals surface area contributed by atoms with Crippen molar-refractivity contribution in [3.63, 3.8) is 0 Å². The lowest BCUT2D eigenvalue weighted by Gasteiger charge is -2.19. The largest absolute Gasteiger partial charge is 0.273 e. The fourth-order valence-corrected chi connectivity index (χ4v) is 4.51. The highest BCUT2D eigenvalue weighted by Gasteiger charge is 2.22. The number of amides is 1. The quantitative estimate of drug-likeness (QED) is 0.414. The second kappa shape index (κ2) is 8.76. The number of tetrazole rings is 1. The Hall–Kier alpha value is -3.04. The number of benzene rings is 2.